The minimum atomic E-state index is -0.440. The van der Waals surface area contributed by atoms with Gasteiger partial charge < -0.3 is 0 Å². The third-order valence-corrected chi connectivity index (χ3v) is 11.9. The zero-order valence-electron chi connectivity index (χ0n) is 23.8. The Morgan fingerprint density at radius 2 is 0.953 bits per heavy atom. The van der Waals surface area contributed by atoms with Crippen LogP contribution in [0.3, 0.4) is 0 Å². The molecule has 3 unspecified atom stereocenters. The predicted molar refractivity (Wildman–Crippen MR) is 164 cm³/mol. The fourth-order valence-electron chi connectivity index (χ4n) is 10.6. The molecule has 2 aromatic heterocycles. The summed E-state index contributed by atoms with van der Waals surface area (Å²) < 4.78 is 5.51. The molecule has 6 aromatic rings. The highest BCUT2D eigenvalue weighted by Gasteiger charge is 2.70. The second-order valence-electron chi connectivity index (χ2n) is 13.6. The smallest absolute Gasteiger partial charge is 0.129 e. The Balaban J connectivity index is 1.32. The van der Waals surface area contributed by atoms with Crippen molar-refractivity contribution in [2.24, 2.45) is 0 Å². The first kappa shape index (κ1) is 21.8. The Hall–Kier alpha value is -4.82. The van der Waals surface area contributed by atoms with Gasteiger partial charge in [0.15, 0.2) is 12.4 Å². The molecule has 0 saturated heterocycles. The van der Waals surface area contributed by atoms with E-state index in [0.717, 1.165) is 25.7 Å². The van der Waals surface area contributed by atoms with Crippen LogP contribution in [0.15, 0.2) is 109 Å². The summed E-state index contributed by atoms with van der Waals surface area (Å²) >= 11 is 0. The molecule has 0 bridgehead atoms. The van der Waals surface area contributed by atoms with Crippen LogP contribution in [0.2, 0.25) is 0 Å². The zero-order chi connectivity index (χ0) is 27.6. The summed E-state index contributed by atoms with van der Waals surface area (Å²) in [6.45, 7) is 0. The molecule has 43 heavy (non-hydrogen) atoms. The fraction of sp³-hybridized carbons (Fsp3) is 0.171. The Bertz CT molecular complexity index is 2300. The zero-order valence-corrected chi connectivity index (χ0v) is 23.8. The fourth-order valence-corrected chi connectivity index (χ4v) is 10.6. The number of fused-ring (bicyclic) bond motifs is 3. The molecule has 0 N–H and O–H groups in total. The third kappa shape index (κ3) is 2.24. The summed E-state index contributed by atoms with van der Waals surface area (Å²) in [6.07, 6.45) is 8.88. The third-order valence-electron chi connectivity index (χ3n) is 11.9. The number of benzene rings is 4. The molecule has 0 fully saturated rings. The Morgan fingerprint density at radius 1 is 0.419 bits per heavy atom. The van der Waals surface area contributed by atoms with Crippen molar-refractivity contribution in [2.75, 3.05) is 0 Å². The molecule has 0 radical (unpaired) electrons. The molecule has 0 amide bonds. The minimum Gasteiger partial charge on any atom is -0.129 e. The maximum absolute atomic E-state index is 2.76. The highest BCUT2D eigenvalue weighted by molar-refractivity contribution is 5.69. The highest BCUT2D eigenvalue weighted by atomic mass is 15.3. The number of pyridine rings is 2. The molecule has 2 heteroatoms. The van der Waals surface area contributed by atoms with Gasteiger partial charge in [-0.05, 0) is 80.6 Å². The van der Waals surface area contributed by atoms with E-state index in [1.54, 1.807) is 16.7 Å². The van der Waals surface area contributed by atoms with E-state index >= 15 is 0 Å². The summed E-state index contributed by atoms with van der Waals surface area (Å²) in [4.78, 5) is 0. The number of nitrogens with zero attached hydrogens (tertiary/aromatic N) is 2. The first-order chi connectivity index (χ1) is 21.3. The van der Waals surface area contributed by atoms with Gasteiger partial charge in [-0.15, -0.1) is 9.13 Å². The second-order valence-corrected chi connectivity index (χ2v) is 13.6. The van der Waals surface area contributed by atoms with Crippen LogP contribution in [-0.4, -0.2) is 0 Å². The van der Waals surface area contributed by atoms with Crippen molar-refractivity contribution in [1.29, 1.82) is 0 Å². The normalized spacial score (nSPS) is 22.6. The molecule has 4 aliphatic carbocycles. The Kier molecular flexibility index (Phi) is 3.57. The highest BCUT2D eigenvalue weighted by Crippen LogP contribution is 2.58. The van der Waals surface area contributed by atoms with Crippen molar-refractivity contribution < 1.29 is 9.13 Å². The van der Waals surface area contributed by atoms with E-state index in [0.29, 0.717) is 5.92 Å². The van der Waals surface area contributed by atoms with E-state index in [1.807, 2.05) is 0 Å². The van der Waals surface area contributed by atoms with Gasteiger partial charge >= 0.3 is 5.66 Å². The Morgan fingerprint density at radius 3 is 1.79 bits per heavy atom. The molecular formula is C41H28N2+2. The topological polar surface area (TPSA) is 7.76 Å². The van der Waals surface area contributed by atoms with Crippen molar-refractivity contribution in [3.63, 3.8) is 0 Å². The largest absolute Gasteiger partial charge is 0.416 e. The summed E-state index contributed by atoms with van der Waals surface area (Å²) in [5, 5.41) is 0. The van der Waals surface area contributed by atoms with Gasteiger partial charge in [0.05, 0.1) is 11.8 Å². The first-order valence-corrected chi connectivity index (χ1v) is 15.9. The van der Waals surface area contributed by atoms with Crippen molar-refractivity contribution in [3.05, 3.63) is 199 Å². The van der Waals surface area contributed by atoms with Crippen molar-refractivity contribution in [3.8, 4) is 0 Å². The average Bonchev–Trinajstić information content (AvgIpc) is 3.05. The van der Waals surface area contributed by atoms with Crippen molar-refractivity contribution in [1.82, 2.24) is 0 Å². The molecular weight excluding hydrogens is 520 g/mol. The maximum atomic E-state index is 2.76. The lowest BCUT2D eigenvalue weighted by Gasteiger charge is -2.47. The molecule has 2 nitrogen and oxygen atoms in total. The van der Waals surface area contributed by atoms with Crippen molar-refractivity contribution in [2.45, 2.75) is 43.2 Å². The molecule has 4 heterocycles. The van der Waals surface area contributed by atoms with Crippen LogP contribution < -0.4 is 9.13 Å². The van der Waals surface area contributed by atoms with E-state index in [-0.39, 0.29) is 5.92 Å². The van der Waals surface area contributed by atoms with Crippen LogP contribution in [0.4, 0.5) is 0 Å². The molecule has 6 aliphatic rings. The van der Waals surface area contributed by atoms with E-state index in [1.165, 1.54) is 72.6 Å². The van der Waals surface area contributed by atoms with Crippen LogP contribution in [0.5, 0.6) is 0 Å². The second kappa shape index (κ2) is 7.03. The quantitative estimate of drug-likeness (QED) is 0.201. The predicted octanol–water partition coefficient (Wildman–Crippen LogP) is 6.16. The van der Waals surface area contributed by atoms with Gasteiger partial charge in [-0.3, -0.25) is 0 Å². The van der Waals surface area contributed by atoms with Gasteiger partial charge in [0.25, 0.3) is 0 Å². The average molecular weight is 549 g/mol. The molecule has 2 aliphatic heterocycles. The van der Waals surface area contributed by atoms with E-state index in [4.69, 9.17) is 0 Å². The van der Waals surface area contributed by atoms with Gasteiger partial charge in [0.2, 0.25) is 11.4 Å². The van der Waals surface area contributed by atoms with Gasteiger partial charge in [-0.2, -0.15) is 0 Å². The monoisotopic (exact) mass is 548 g/mol. The van der Waals surface area contributed by atoms with Crippen LogP contribution in [0.1, 0.15) is 101 Å². The van der Waals surface area contributed by atoms with Crippen LogP contribution in [0.25, 0.3) is 0 Å². The molecule has 1 spiro atoms. The Labute approximate surface area is 250 Å². The molecule has 3 atom stereocenters. The lowest BCUT2D eigenvalue weighted by Crippen LogP contribution is -2.81. The molecule has 200 valence electrons. The number of hydrogen-bond acceptors (Lipinski definition) is 0. The van der Waals surface area contributed by atoms with Gasteiger partial charge in [-0.1, -0.05) is 72.8 Å². The SMILES string of the molecule is c1ccc2c(c1)Cc1ccc[n+]3c1C2c1cccc2c1C31c3c(ccc4c3C3c5c(cccc5Cc5ccc[n+]1c53)C4)C2. The summed E-state index contributed by atoms with van der Waals surface area (Å²) in [5.74, 6) is 0.542. The van der Waals surface area contributed by atoms with E-state index < -0.39 is 5.66 Å². The minimum absolute atomic E-state index is 0.244. The maximum Gasteiger partial charge on any atom is 0.416 e. The summed E-state index contributed by atoms with van der Waals surface area (Å²) in [6, 6.07) is 37.9. The van der Waals surface area contributed by atoms with Gasteiger partial charge in [0, 0.05) is 36.1 Å². The molecule has 12 rings (SSSR count). The van der Waals surface area contributed by atoms with Gasteiger partial charge in [0.1, 0.15) is 11.1 Å². The first-order valence-electron chi connectivity index (χ1n) is 15.9. The lowest BCUT2D eigenvalue weighted by atomic mass is 9.59. The van der Waals surface area contributed by atoms with Crippen LogP contribution >= 0.6 is 0 Å². The molecule has 4 aromatic carbocycles. The van der Waals surface area contributed by atoms with Crippen LogP contribution in [-0.2, 0) is 31.3 Å². The lowest BCUT2D eigenvalue weighted by molar-refractivity contribution is -0.980. The van der Waals surface area contributed by atoms with E-state index in [2.05, 4.69) is 119 Å². The van der Waals surface area contributed by atoms with Gasteiger partial charge in [-0.25, -0.2) is 0 Å². The summed E-state index contributed by atoms with van der Waals surface area (Å²) in [7, 11) is 0. The number of hydrogen-bond donors (Lipinski definition) is 0. The molecule has 0 saturated carbocycles. The number of rotatable bonds is 0. The van der Waals surface area contributed by atoms with Crippen LogP contribution in [0, 0.1) is 0 Å². The standard InChI is InChI=1S/C41H28N2/c1-2-13-31-23(7-1)19-29-11-5-17-42-39(29)35(31)32-14-4-10-27-22-28-16-15-26-20-24-8-3-9-25-21-30-12-6-18-43-40(30)36(33(24)25)34(26)38(28)41(42,43)37(27)32/h1-18,35-36H,19-22H2/q+2. The number of aromatic nitrogens is 2. The van der Waals surface area contributed by atoms with E-state index in [9.17, 15) is 0 Å². The van der Waals surface area contributed by atoms with Crippen molar-refractivity contribution >= 4 is 0 Å². The summed E-state index contributed by atoms with van der Waals surface area (Å²) in [5.41, 5.74) is 23.8.